The summed E-state index contributed by atoms with van der Waals surface area (Å²) in [6.07, 6.45) is 2.03. The Hall–Kier alpha value is -3.80. The number of aromatic nitrogens is 1. The lowest BCUT2D eigenvalue weighted by Gasteiger charge is -2.34. The van der Waals surface area contributed by atoms with E-state index >= 15 is 0 Å². The first kappa shape index (κ1) is 28.7. The number of hydrogen-bond donors (Lipinski definition) is 3. The van der Waals surface area contributed by atoms with Crippen LogP contribution in [0, 0.1) is 11.6 Å². The highest BCUT2D eigenvalue weighted by Gasteiger charge is 2.35. The van der Waals surface area contributed by atoms with E-state index in [4.69, 9.17) is 16.3 Å². The molecule has 3 aromatic rings. The zero-order valence-corrected chi connectivity index (χ0v) is 23.5. The summed E-state index contributed by atoms with van der Waals surface area (Å²) in [5.41, 5.74) is 2.65. The van der Waals surface area contributed by atoms with Gasteiger partial charge in [-0.25, -0.2) is 18.6 Å². The molecular weight excluding hydrogens is 554 g/mol. The highest BCUT2D eigenvalue weighted by Crippen LogP contribution is 2.40. The fraction of sp³-hybridized carbons (Fsp3) is 0.345. The number of morpholine rings is 1. The van der Waals surface area contributed by atoms with Crippen molar-refractivity contribution in [3.05, 3.63) is 75.9 Å². The van der Waals surface area contributed by atoms with Gasteiger partial charge in [-0.05, 0) is 54.8 Å². The predicted octanol–water partition coefficient (Wildman–Crippen LogP) is 5.22. The number of benzene rings is 2. The first-order valence-corrected chi connectivity index (χ1v) is 13.8. The molecule has 3 heterocycles. The van der Waals surface area contributed by atoms with Crippen LogP contribution in [0.5, 0.6) is 0 Å². The molecule has 9 nitrogen and oxygen atoms in total. The number of fused-ring (bicyclic) bond motifs is 1. The fourth-order valence-corrected chi connectivity index (χ4v) is 5.47. The van der Waals surface area contributed by atoms with Crippen LogP contribution in [-0.2, 0) is 22.5 Å². The normalized spacial score (nSPS) is 17.2. The smallest absolute Gasteiger partial charge is 0.323 e. The number of ether oxygens (including phenoxy) is 1. The molecule has 0 saturated carbocycles. The van der Waals surface area contributed by atoms with Gasteiger partial charge >= 0.3 is 6.03 Å². The van der Waals surface area contributed by atoms with E-state index in [0.717, 1.165) is 17.3 Å². The standard InChI is InChI=1S/C29H31ClF2N6O3/c1-3-38-26-14-27(33-2)34-15-17(26)11-21(28(38)39)20-12-25(24(32)13-22(20)30)36-29(40)35-19-4-5-23(31)18(10-19)16-37-6-8-41-9-7-37/h4-5,10,12-15,21H,3,6-9,11,16H2,1-2H3,(H,33,34)(H2,35,36,40). The van der Waals surface area contributed by atoms with Crippen molar-refractivity contribution in [2.45, 2.75) is 25.8 Å². The molecule has 0 radical (unpaired) electrons. The van der Waals surface area contributed by atoms with Gasteiger partial charge in [0.05, 0.1) is 30.5 Å². The maximum absolute atomic E-state index is 14.9. The van der Waals surface area contributed by atoms with Gasteiger partial charge < -0.3 is 25.6 Å². The van der Waals surface area contributed by atoms with E-state index < -0.39 is 17.8 Å². The minimum absolute atomic E-state index is 0.0809. The Balaban J connectivity index is 1.34. The molecule has 216 valence electrons. The molecule has 1 unspecified atom stereocenters. The Morgan fingerprint density at radius 1 is 1.12 bits per heavy atom. The molecular formula is C29H31ClF2N6O3. The first-order chi connectivity index (χ1) is 19.8. The Kier molecular flexibility index (Phi) is 8.67. The van der Waals surface area contributed by atoms with Crippen LogP contribution in [0.2, 0.25) is 5.02 Å². The summed E-state index contributed by atoms with van der Waals surface area (Å²) in [6, 6.07) is 7.85. The Labute approximate surface area is 241 Å². The lowest BCUT2D eigenvalue weighted by molar-refractivity contribution is -0.120. The lowest BCUT2D eigenvalue weighted by Crippen LogP contribution is -2.40. The van der Waals surface area contributed by atoms with Crippen LogP contribution < -0.4 is 20.9 Å². The lowest BCUT2D eigenvalue weighted by atomic mass is 9.86. The Morgan fingerprint density at radius 3 is 2.63 bits per heavy atom. The molecule has 1 fully saturated rings. The van der Waals surface area contributed by atoms with E-state index in [9.17, 15) is 18.4 Å². The summed E-state index contributed by atoms with van der Waals surface area (Å²) in [7, 11) is 1.75. The molecule has 0 bridgehead atoms. The molecule has 1 saturated heterocycles. The number of pyridine rings is 1. The quantitative estimate of drug-likeness (QED) is 0.352. The Bertz CT molecular complexity index is 1470. The van der Waals surface area contributed by atoms with Gasteiger partial charge in [-0.3, -0.25) is 9.69 Å². The van der Waals surface area contributed by atoms with Crippen LogP contribution in [0.3, 0.4) is 0 Å². The average molecular weight is 585 g/mol. The van der Waals surface area contributed by atoms with E-state index in [1.54, 1.807) is 24.2 Å². The maximum Gasteiger partial charge on any atom is 0.323 e. The largest absolute Gasteiger partial charge is 0.379 e. The van der Waals surface area contributed by atoms with Crippen LogP contribution in [0.4, 0.5) is 36.5 Å². The molecule has 3 amide bonds. The molecule has 5 rings (SSSR count). The Morgan fingerprint density at radius 2 is 1.90 bits per heavy atom. The van der Waals surface area contributed by atoms with Crippen molar-refractivity contribution < 1.29 is 23.1 Å². The number of amides is 3. The van der Waals surface area contributed by atoms with Crippen molar-refractivity contribution in [1.82, 2.24) is 9.88 Å². The van der Waals surface area contributed by atoms with Crippen molar-refractivity contribution in [2.24, 2.45) is 0 Å². The summed E-state index contributed by atoms with van der Waals surface area (Å²) < 4.78 is 34.7. The second-order valence-corrected chi connectivity index (χ2v) is 10.3. The van der Waals surface area contributed by atoms with E-state index in [0.29, 0.717) is 68.4 Å². The van der Waals surface area contributed by atoms with E-state index in [2.05, 4.69) is 25.8 Å². The van der Waals surface area contributed by atoms with Crippen LogP contribution in [0.25, 0.3) is 0 Å². The van der Waals surface area contributed by atoms with Crippen LogP contribution in [0.1, 0.15) is 29.5 Å². The number of carbonyl (C=O) groups is 2. The number of carbonyl (C=O) groups excluding carboxylic acids is 2. The topological polar surface area (TPSA) is 98.8 Å². The van der Waals surface area contributed by atoms with Crippen molar-refractivity contribution in [3.8, 4) is 0 Å². The molecule has 1 aromatic heterocycles. The molecule has 0 spiro atoms. The number of anilines is 4. The van der Waals surface area contributed by atoms with Crippen molar-refractivity contribution >= 4 is 46.4 Å². The second kappa shape index (κ2) is 12.4. The van der Waals surface area contributed by atoms with Gasteiger partial charge in [0.2, 0.25) is 5.91 Å². The van der Waals surface area contributed by atoms with Crippen molar-refractivity contribution in [1.29, 1.82) is 0 Å². The molecule has 0 aliphatic carbocycles. The van der Waals surface area contributed by atoms with Gasteiger partial charge in [0, 0.05) is 61.8 Å². The minimum Gasteiger partial charge on any atom is -0.379 e. The molecule has 41 heavy (non-hydrogen) atoms. The third-order valence-corrected chi connectivity index (χ3v) is 7.65. The monoisotopic (exact) mass is 584 g/mol. The number of likely N-dealkylation sites (N-methyl/N-ethyl adjacent to an activating group) is 1. The van der Waals surface area contributed by atoms with Gasteiger partial charge in [-0.15, -0.1) is 0 Å². The summed E-state index contributed by atoms with van der Waals surface area (Å²) in [5, 5.41) is 8.20. The SMILES string of the molecule is CCN1C(=O)C(c2cc(NC(=O)Nc3ccc(F)c(CN4CCOCC4)c3)c(F)cc2Cl)Cc2cnc(NC)cc21. The number of nitrogens with one attached hydrogen (secondary N) is 3. The number of urea groups is 1. The predicted molar refractivity (Wildman–Crippen MR) is 155 cm³/mol. The zero-order valence-electron chi connectivity index (χ0n) is 22.8. The number of halogens is 3. The molecule has 3 N–H and O–H groups in total. The first-order valence-electron chi connectivity index (χ1n) is 13.4. The summed E-state index contributed by atoms with van der Waals surface area (Å²) in [6.45, 7) is 5.21. The summed E-state index contributed by atoms with van der Waals surface area (Å²) in [4.78, 5) is 34.5. The third kappa shape index (κ3) is 6.27. The minimum atomic E-state index is -0.752. The molecule has 2 aliphatic rings. The van der Waals surface area contributed by atoms with Crippen molar-refractivity contribution in [3.63, 3.8) is 0 Å². The fourth-order valence-electron chi connectivity index (χ4n) is 5.19. The van der Waals surface area contributed by atoms with Gasteiger partial charge in [0.15, 0.2) is 0 Å². The number of rotatable bonds is 7. The van der Waals surface area contributed by atoms with E-state index in [1.807, 2.05) is 13.0 Å². The zero-order chi connectivity index (χ0) is 29.1. The van der Waals surface area contributed by atoms with Gasteiger partial charge in [-0.2, -0.15) is 0 Å². The summed E-state index contributed by atoms with van der Waals surface area (Å²) in [5.74, 6) is -1.37. The van der Waals surface area contributed by atoms with Gasteiger partial charge in [0.25, 0.3) is 0 Å². The number of hydrogen-bond acceptors (Lipinski definition) is 6. The maximum atomic E-state index is 14.9. The molecule has 1 atom stereocenters. The van der Waals surface area contributed by atoms with E-state index in [-0.39, 0.29) is 22.4 Å². The van der Waals surface area contributed by atoms with Crippen LogP contribution in [0.15, 0.2) is 42.6 Å². The van der Waals surface area contributed by atoms with E-state index in [1.165, 1.54) is 18.2 Å². The highest BCUT2D eigenvalue weighted by atomic mass is 35.5. The molecule has 2 aliphatic heterocycles. The van der Waals surface area contributed by atoms with Gasteiger partial charge in [-0.1, -0.05) is 11.6 Å². The number of nitrogens with zero attached hydrogens (tertiary/aromatic N) is 3. The van der Waals surface area contributed by atoms with Crippen LogP contribution in [-0.4, -0.2) is 61.7 Å². The van der Waals surface area contributed by atoms with Crippen LogP contribution >= 0.6 is 11.6 Å². The van der Waals surface area contributed by atoms with Gasteiger partial charge in [0.1, 0.15) is 17.5 Å². The average Bonchev–Trinajstić information content (AvgIpc) is 2.96. The third-order valence-electron chi connectivity index (χ3n) is 7.32. The molecule has 12 heteroatoms. The summed E-state index contributed by atoms with van der Waals surface area (Å²) >= 11 is 6.43. The molecule has 2 aromatic carbocycles. The highest BCUT2D eigenvalue weighted by molar-refractivity contribution is 6.32. The second-order valence-electron chi connectivity index (χ2n) is 9.91. The van der Waals surface area contributed by atoms with Crippen molar-refractivity contribution in [2.75, 3.05) is 60.7 Å².